The predicted octanol–water partition coefficient (Wildman–Crippen LogP) is -0.108. The van der Waals surface area contributed by atoms with Crippen molar-refractivity contribution in [2.75, 3.05) is 26.4 Å². The summed E-state index contributed by atoms with van der Waals surface area (Å²) in [4.78, 5) is 0. The molecule has 1 unspecified atom stereocenters. The fraction of sp³-hybridized carbons (Fsp3) is 1.00. The highest BCUT2D eigenvalue weighted by Gasteiger charge is 2.21. The molecule has 0 aromatic carbocycles. The van der Waals surface area contributed by atoms with Crippen molar-refractivity contribution in [3.05, 3.63) is 0 Å². The standard InChI is InChI=1S/C9H19NO3/c1-9(10,6-11)7-13-8-2-4-12-5-3-8/h8,11H,2-7,10H2,1H3. The van der Waals surface area contributed by atoms with Gasteiger partial charge in [0, 0.05) is 13.2 Å². The third-order valence-electron chi connectivity index (χ3n) is 2.18. The normalized spacial score (nSPS) is 24.2. The minimum Gasteiger partial charge on any atom is -0.394 e. The van der Waals surface area contributed by atoms with Crippen molar-refractivity contribution in [1.29, 1.82) is 0 Å². The van der Waals surface area contributed by atoms with E-state index in [2.05, 4.69) is 0 Å². The molecule has 1 saturated heterocycles. The number of hydrogen-bond acceptors (Lipinski definition) is 4. The molecule has 1 atom stereocenters. The molecular formula is C9H19NO3. The zero-order chi connectivity index (χ0) is 9.73. The van der Waals surface area contributed by atoms with Gasteiger partial charge < -0.3 is 20.3 Å². The first-order valence-corrected chi connectivity index (χ1v) is 4.73. The summed E-state index contributed by atoms with van der Waals surface area (Å²) in [7, 11) is 0. The molecule has 13 heavy (non-hydrogen) atoms. The van der Waals surface area contributed by atoms with Gasteiger partial charge in [0.2, 0.25) is 0 Å². The Hall–Kier alpha value is -0.160. The van der Waals surface area contributed by atoms with Crippen LogP contribution < -0.4 is 5.73 Å². The van der Waals surface area contributed by atoms with E-state index in [1.54, 1.807) is 6.92 Å². The summed E-state index contributed by atoms with van der Waals surface area (Å²) in [6.07, 6.45) is 2.12. The van der Waals surface area contributed by atoms with E-state index in [9.17, 15) is 0 Å². The Bertz CT molecular complexity index is 144. The first kappa shape index (κ1) is 10.9. The average Bonchev–Trinajstić information content (AvgIpc) is 2.17. The number of aliphatic hydroxyl groups excluding tert-OH is 1. The lowest BCUT2D eigenvalue weighted by Crippen LogP contribution is -2.46. The molecule has 3 N–H and O–H groups in total. The van der Waals surface area contributed by atoms with Gasteiger partial charge in [-0.3, -0.25) is 0 Å². The molecule has 1 aliphatic rings. The van der Waals surface area contributed by atoms with Gasteiger partial charge in [0.15, 0.2) is 0 Å². The lowest BCUT2D eigenvalue weighted by molar-refractivity contribution is -0.0506. The summed E-state index contributed by atoms with van der Waals surface area (Å²) >= 11 is 0. The van der Waals surface area contributed by atoms with Gasteiger partial charge >= 0.3 is 0 Å². The quantitative estimate of drug-likeness (QED) is 0.647. The lowest BCUT2D eigenvalue weighted by atomic mass is 10.1. The van der Waals surface area contributed by atoms with Crippen LogP contribution in [0.5, 0.6) is 0 Å². The topological polar surface area (TPSA) is 64.7 Å². The Labute approximate surface area is 79.0 Å². The van der Waals surface area contributed by atoms with Crippen molar-refractivity contribution in [3.8, 4) is 0 Å². The van der Waals surface area contributed by atoms with Crippen LogP contribution in [0.3, 0.4) is 0 Å². The lowest BCUT2D eigenvalue weighted by Gasteiger charge is -2.27. The first-order valence-electron chi connectivity index (χ1n) is 4.73. The molecule has 0 aromatic rings. The molecular weight excluding hydrogens is 170 g/mol. The molecule has 4 heteroatoms. The van der Waals surface area contributed by atoms with Crippen molar-refractivity contribution in [2.24, 2.45) is 5.73 Å². The van der Waals surface area contributed by atoms with E-state index in [1.165, 1.54) is 0 Å². The van der Waals surface area contributed by atoms with E-state index < -0.39 is 5.54 Å². The minimum absolute atomic E-state index is 0.0454. The molecule has 0 saturated carbocycles. The van der Waals surface area contributed by atoms with Crippen molar-refractivity contribution in [2.45, 2.75) is 31.4 Å². The van der Waals surface area contributed by atoms with E-state index in [0.29, 0.717) is 6.61 Å². The number of nitrogens with two attached hydrogens (primary N) is 1. The van der Waals surface area contributed by atoms with Gasteiger partial charge in [0.25, 0.3) is 0 Å². The summed E-state index contributed by atoms with van der Waals surface area (Å²) in [6, 6.07) is 0. The van der Waals surface area contributed by atoms with Crippen molar-refractivity contribution in [1.82, 2.24) is 0 Å². The van der Waals surface area contributed by atoms with E-state index in [4.69, 9.17) is 20.3 Å². The zero-order valence-electron chi connectivity index (χ0n) is 8.16. The smallest absolute Gasteiger partial charge is 0.0669 e. The maximum Gasteiger partial charge on any atom is 0.0669 e. The van der Waals surface area contributed by atoms with Crippen LogP contribution in [-0.4, -0.2) is 43.2 Å². The average molecular weight is 189 g/mol. The van der Waals surface area contributed by atoms with Crippen LogP contribution >= 0.6 is 0 Å². The molecule has 0 spiro atoms. The molecule has 1 rings (SSSR count). The molecule has 0 radical (unpaired) electrons. The van der Waals surface area contributed by atoms with E-state index in [-0.39, 0.29) is 12.7 Å². The molecule has 1 heterocycles. The fourth-order valence-electron chi connectivity index (χ4n) is 1.20. The predicted molar refractivity (Wildman–Crippen MR) is 49.5 cm³/mol. The summed E-state index contributed by atoms with van der Waals surface area (Å²) in [5.74, 6) is 0. The first-order chi connectivity index (χ1) is 6.14. The number of aliphatic hydroxyl groups is 1. The maximum absolute atomic E-state index is 8.89. The van der Waals surface area contributed by atoms with Gasteiger partial charge in [0.05, 0.1) is 24.9 Å². The molecule has 0 aliphatic carbocycles. The monoisotopic (exact) mass is 189 g/mol. The van der Waals surface area contributed by atoms with Gasteiger partial charge in [-0.15, -0.1) is 0 Å². The highest BCUT2D eigenvalue weighted by Crippen LogP contribution is 2.12. The molecule has 0 bridgehead atoms. The van der Waals surface area contributed by atoms with Gasteiger partial charge in [-0.1, -0.05) is 0 Å². The number of rotatable bonds is 4. The van der Waals surface area contributed by atoms with Crippen molar-refractivity contribution < 1.29 is 14.6 Å². The Balaban J connectivity index is 2.17. The summed E-state index contributed by atoms with van der Waals surface area (Å²) < 4.78 is 10.8. The number of hydrogen-bond donors (Lipinski definition) is 2. The molecule has 4 nitrogen and oxygen atoms in total. The van der Waals surface area contributed by atoms with Crippen LogP contribution in [0, 0.1) is 0 Å². The molecule has 0 amide bonds. The van der Waals surface area contributed by atoms with Crippen LogP contribution in [0.4, 0.5) is 0 Å². The third kappa shape index (κ3) is 4.04. The van der Waals surface area contributed by atoms with Gasteiger partial charge in [-0.2, -0.15) is 0 Å². The van der Waals surface area contributed by atoms with Crippen LogP contribution in [0.15, 0.2) is 0 Å². The highest BCUT2D eigenvalue weighted by molar-refractivity contribution is 4.77. The molecule has 78 valence electrons. The van der Waals surface area contributed by atoms with Crippen LogP contribution in [-0.2, 0) is 9.47 Å². The van der Waals surface area contributed by atoms with Gasteiger partial charge in [-0.25, -0.2) is 0 Å². The largest absolute Gasteiger partial charge is 0.394 e. The number of ether oxygens (including phenoxy) is 2. The molecule has 1 aliphatic heterocycles. The molecule has 0 aromatic heterocycles. The molecule has 1 fully saturated rings. The van der Waals surface area contributed by atoms with E-state index >= 15 is 0 Å². The SMILES string of the molecule is CC(N)(CO)COC1CCOCC1. The van der Waals surface area contributed by atoms with Crippen molar-refractivity contribution >= 4 is 0 Å². The summed E-state index contributed by atoms with van der Waals surface area (Å²) in [5, 5.41) is 8.89. The van der Waals surface area contributed by atoms with E-state index in [0.717, 1.165) is 26.1 Å². The second kappa shape index (κ2) is 4.91. The minimum atomic E-state index is -0.613. The van der Waals surface area contributed by atoms with Crippen LogP contribution in [0.1, 0.15) is 19.8 Å². The van der Waals surface area contributed by atoms with Crippen LogP contribution in [0.2, 0.25) is 0 Å². The van der Waals surface area contributed by atoms with E-state index in [1.807, 2.05) is 0 Å². The van der Waals surface area contributed by atoms with Crippen LogP contribution in [0.25, 0.3) is 0 Å². The zero-order valence-corrected chi connectivity index (χ0v) is 8.16. The Morgan fingerprint density at radius 1 is 1.54 bits per heavy atom. The third-order valence-corrected chi connectivity index (χ3v) is 2.18. The Kier molecular flexibility index (Phi) is 4.12. The Morgan fingerprint density at radius 2 is 2.15 bits per heavy atom. The van der Waals surface area contributed by atoms with Gasteiger partial charge in [-0.05, 0) is 19.8 Å². The summed E-state index contributed by atoms with van der Waals surface area (Å²) in [5.41, 5.74) is 5.11. The van der Waals surface area contributed by atoms with Crippen molar-refractivity contribution in [3.63, 3.8) is 0 Å². The second-order valence-corrected chi connectivity index (χ2v) is 3.93. The maximum atomic E-state index is 8.89. The fourth-order valence-corrected chi connectivity index (χ4v) is 1.20. The Morgan fingerprint density at radius 3 is 2.69 bits per heavy atom. The van der Waals surface area contributed by atoms with Gasteiger partial charge in [0.1, 0.15) is 0 Å². The highest BCUT2D eigenvalue weighted by atomic mass is 16.5. The second-order valence-electron chi connectivity index (χ2n) is 3.93. The summed E-state index contributed by atoms with van der Waals surface area (Å²) in [6.45, 7) is 3.69.